The van der Waals surface area contributed by atoms with E-state index in [2.05, 4.69) is 21.2 Å². The van der Waals surface area contributed by atoms with Crippen molar-refractivity contribution in [2.24, 2.45) is 11.8 Å². The molecule has 1 saturated heterocycles. The minimum Gasteiger partial charge on any atom is -0.463 e. The maximum absolute atomic E-state index is 14.4. The van der Waals surface area contributed by atoms with Gasteiger partial charge in [0.05, 0.1) is 53.7 Å². The molecule has 1 unspecified atom stereocenters. The van der Waals surface area contributed by atoms with Gasteiger partial charge in [0.2, 0.25) is 5.60 Å². The normalized spacial score (nSPS) is 25.4. The maximum atomic E-state index is 14.4. The number of aryl methyl sites for hydroxylation is 1. The quantitative estimate of drug-likeness (QED) is 0.167. The third-order valence-corrected chi connectivity index (χ3v) is 10.00. The van der Waals surface area contributed by atoms with E-state index in [1.165, 1.54) is 31.6 Å². The van der Waals surface area contributed by atoms with Crippen molar-refractivity contribution in [2.45, 2.75) is 111 Å². The van der Waals surface area contributed by atoms with Gasteiger partial charge < -0.3 is 28.6 Å². The highest BCUT2D eigenvalue weighted by molar-refractivity contribution is 7.57. The Labute approximate surface area is 274 Å². The number of ether oxygens (including phenoxy) is 4. The summed E-state index contributed by atoms with van der Waals surface area (Å²) in [5.74, 6) is -3.56. The van der Waals surface area contributed by atoms with Crippen LogP contribution in [-0.4, -0.2) is 86.4 Å². The number of aliphatic hydroxyl groups is 1. The lowest BCUT2D eigenvalue weighted by atomic mass is 9.80. The van der Waals surface area contributed by atoms with Crippen LogP contribution in [0.1, 0.15) is 73.7 Å². The fourth-order valence-corrected chi connectivity index (χ4v) is 7.42. The Balaban J connectivity index is 2.04. The van der Waals surface area contributed by atoms with Crippen molar-refractivity contribution in [1.82, 2.24) is 19.7 Å². The highest BCUT2D eigenvalue weighted by Gasteiger charge is 2.67. The van der Waals surface area contributed by atoms with Crippen LogP contribution in [-0.2, 0) is 48.0 Å². The summed E-state index contributed by atoms with van der Waals surface area (Å²) in [5, 5.41) is 29.6. The van der Waals surface area contributed by atoms with E-state index in [1.54, 1.807) is 60.6 Å². The van der Waals surface area contributed by atoms with Gasteiger partial charge in [-0.05, 0) is 60.6 Å². The molecule has 7 atom stereocenters. The number of esters is 3. The van der Waals surface area contributed by atoms with Crippen LogP contribution in [0.3, 0.4) is 0 Å². The average Bonchev–Trinajstić information content (AvgIpc) is 3.49. The second-order valence-corrected chi connectivity index (χ2v) is 15.1. The van der Waals surface area contributed by atoms with Gasteiger partial charge in [-0.15, -0.1) is 0 Å². The molecule has 1 aliphatic heterocycles. The molecule has 0 bridgehead atoms. The number of aromatic nitrogens is 3. The molecule has 0 aromatic carbocycles. The monoisotopic (exact) mass is 679 g/mol. The minimum absolute atomic E-state index is 0.134. The molecule has 3 heterocycles. The summed E-state index contributed by atoms with van der Waals surface area (Å²) in [4.78, 5) is 42.4. The van der Waals surface area contributed by atoms with Crippen molar-refractivity contribution >= 4 is 30.9 Å². The number of nitrogens with one attached hydrogen (secondary N) is 1. The number of carbonyl (C=O) groups is 3. The third kappa shape index (κ3) is 8.18. The van der Waals surface area contributed by atoms with E-state index in [1.807, 2.05) is 0 Å². The minimum atomic E-state index is -4.12. The van der Waals surface area contributed by atoms with E-state index in [4.69, 9.17) is 23.5 Å². The number of hydrogen-bond acceptors (Lipinski definition) is 13. The molecule has 260 valence electrons. The molecule has 0 radical (unpaired) electrons. The SMILES string of the molecule is Cc1ncnn2c([C@]3(C#N)O[C@H](COP(=O)(C[C@H](C)C(=O)OC(C)C)N[C@H](C)C(=O)OC(C)C)[C@@H](OC(=O)C(C)C)[C@@]3(C)O)ccc12. The van der Waals surface area contributed by atoms with Gasteiger partial charge in [-0.3, -0.25) is 18.9 Å². The van der Waals surface area contributed by atoms with Crippen LogP contribution in [0.5, 0.6) is 0 Å². The lowest BCUT2D eigenvalue weighted by molar-refractivity contribution is -0.168. The molecular formula is C31H46N5O10P. The van der Waals surface area contributed by atoms with Crippen molar-refractivity contribution in [2.75, 3.05) is 12.8 Å². The number of nitrogens with zero attached hydrogens (tertiary/aromatic N) is 4. The molecule has 16 heteroatoms. The fourth-order valence-electron chi connectivity index (χ4n) is 5.19. The second-order valence-electron chi connectivity index (χ2n) is 12.8. The van der Waals surface area contributed by atoms with Crippen molar-refractivity contribution < 1.29 is 47.5 Å². The maximum Gasteiger partial charge on any atom is 0.323 e. The summed E-state index contributed by atoms with van der Waals surface area (Å²) in [6.45, 7) is 15.3. The van der Waals surface area contributed by atoms with Gasteiger partial charge in [0.1, 0.15) is 30.1 Å². The number of rotatable bonds is 14. The largest absolute Gasteiger partial charge is 0.463 e. The molecule has 15 nitrogen and oxygen atoms in total. The van der Waals surface area contributed by atoms with Crippen LogP contribution in [0.15, 0.2) is 18.5 Å². The predicted octanol–water partition coefficient (Wildman–Crippen LogP) is 3.20. The van der Waals surface area contributed by atoms with Gasteiger partial charge in [0.25, 0.3) is 7.52 Å². The molecule has 3 rings (SSSR count). The Hall–Kier alpha value is -3.41. The molecule has 47 heavy (non-hydrogen) atoms. The molecule has 1 fully saturated rings. The van der Waals surface area contributed by atoms with E-state index in [0.717, 1.165) is 0 Å². The van der Waals surface area contributed by atoms with Crippen LogP contribution < -0.4 is 5.09 Å². The highest BCUT2D eigenvalue weighted by Crippen LogP contribution is 2.51. The van der Waals surface area contributed by atoms with E-state index >= 15 is 0 Å². The molecule has 2 aromatic rings. The van der Waals surface area contributed by atoms with Crippen LogP contribution >= 0.6 is 7.52 Å². The summed E-state index contributed by atoms with van der Waals surface area (Å²) in [7, 11) is -4.12. The molecule has 1 aliphatic rings. The molecule has 2 aromatic heterocycles. The fraction of sp³-hybridized carbons (Fsp3) is 0.677. The van der Waals surface area contributed by atoms with Crippen LogP contribution in [0, 0.1) is 30.1 Å². The summed E-state index contributed by atoms with van der Waals surface area (Å²) in [5.41, 5.74) is -3.06. The molecule has 0 aliphatic carbocycles. The van der Waals surface area contributed by atoms with Gasteiger partial charge in [0, 0.05) is 0 Å². The lowest BCUT2D eigenvalue weighted by Crippen LogP contribution is -2.54. The standard InChI is InChI=1S/C31H46N5O10P/c1-17(2)27(37)45-26-24(46-31(15-32,30(26,10)40)25-12-11-23-21(8)33-16-34-36(23)25)13-42-47(41,14-20(7)28(38)43-18(3)4)35-22(9)29(39)44-19(5)6/h11-12,16-20,22,24,26,40H,13-14H2,1-10H3,(H,35,41)/t20-,22+,24+,26+,30+,31-,47?/m0/s1. The van der Waals surface area contributed by atoms with Gasteiger partial charge in [-0.25, -0.2) is 14.6 Å². The van der Waals surface area contributed by atoms with Gasteiger partial charge in [0.15, 0.2) is 6.10 Å². The Bertz CT molecular complexity index is 1520. The van der Waals surface area contributed by atoms with E-state index in [0.29, 0.717) is 11.2 Å². The topological polar surface area (TPSA) is 201 Å². The van der Waals surface area contributed by atoms with E-state index in [9.17, 15) is 29.3 Å². The molecule has 0 amide bonds. The summed E-state index contributed by atoms with van der Waals surface area (Å²) in [6, 6.07) is 4.16. The molecular weight excluding hydrogens is 633 g/mol. The second kappa shape index (κ2) is 14.8. The Morgan fingerprint density at radius 3 is 2.28 bits per heavy atom. The molecule has 2 N–H and O–H groups in total. The van der Waals surface area contributed by atoms with Crippen molar-refractivity contribution in [1.29, 1.82) is 5.26 Å². The van der Waals surface area contributed by atoms with E-state index in [-0.39, 0.29) is 11.9 Å². The van der Waals surface area contributed by atoms with Gasteiger partial charge in [-0.1, -0.05) is 20.8 Å². The first-order chi connectivity index (χ1) is 21.8. The Morgan fingerprint density at radius 1 is 1.09 bits per heavy atom. The first kappa shape index (κ1) is 38.0. The Kier molecular flexibility index (Phi) is 12.0. The van der Waals surface area contributed by atoms with Crippen molar-refractivity contribution in [3.8, 4) is 6.07 Å². The summed E-state index contributed by atoms with van der Waals surface area (Å²) in [6.07, 6.45) is -2.83. The molecule has 0 saturated carbocycles. The number of fused-ring (bicyclic) bond motifs is 1. The summed E-state index contributed by atoms with van der Waals surface area (Å²) >= 11 is 0. The third-order valence-electron chi connectivity index (χ3n) is 7.62. The van der Waals surface area contributed by atoms with E-state index < -0.39 is 85.5 Å². The Morgan fingerprint density at radius 2 is 1.70 bits per heavy atom. The molecule has 0 spiro atoms. The van der Waals surface area contributed by atoms with Gasteiger partial charge >= 0.3 is 17.9 Å². The number of nitriles is 1. The van der Waals surface area contributed by atoms with Gasteiger partial charge in [-0.2, -0.15) is 10.4 Å². The number of carbonyl (C=O) groups excluding carboxylic acids is 3. The van der Waals surface area contributed by atoms with Crippen LogP contribution in [0.2, 0.25) is 0 Å². The highest BCUT2D eigenvalue weighted by atomic mass is 31.2. The van der Waals surface area contributed by atoms with Crippen molar-refractivity contribution in [3.05, 3.63) is 29.8 Å². The first-order valence-corrected chi connectivity index (χ1v) is 17.3. The van der Waals surface area contributed by atoms with Crippen molar-refractivity contribution in [3.63, 3.8) is 0 Å². The van der Waals surface area contributed by atoms with Crippen LogP contribution in [0.25, 0.3) is 5.52 Å². The number of hydrogen-bond donors (Lipinski definition) is 2. The lowest BCUT2D eigenvalue weighted by Gasteiger charge is -2.34. The predicted molar refractivity (Wildman–Crippen MR) is 168 cm³/mol. The zero-order chi connectivity index (χ0) is 35.5. The summed E-state index contributed by atoms with van der Waals surface area (Å²) < 4.78 is 44.3. The zero-order valence-corrected chi connectivity index (χ0v) is 29.4. The van der Waals surface area contributed by atoms with Crippen LogP contribution in [0.4, 0.5) is 0 Å². The average molecular weight is 680 g/mol. The zero-order valence-electron chi connectivity index (χ0n) is 28.5. The first-order valence-electron chi connectivity index (χ1n) is 15.5. The smallest absolute Gasteiger partial charge is 0.323 e.